The Bertz CT molecular complexity index is 867. The van der Waals surface area contributed by atoms with Crippen LogP contribution in [0.4, 0.5) is 0 Å². The monoisotopic (exact) mass is 492 g/mol. The second-order valence-electron chi connectivity index (χ2n) is 12.3. The summed E-state index contributed by atoms with van der Waals surface area (Å²) in [4.78, 5) is 28.7. The zero-order valence-corrected chi connectivity index (χ0v) is 21.8. The minimum atomic E-state index is -1.05. The number of Topliss-reactive ketones (excluding diaryl/α,β-unsaturated/α-hetero) is 1. The van der Waals surface area contributed by atoms with Gasteiger partial charge in [0.1, 0.15) is 11.4 Å². The van der Waals surface area contributed by atoms with E-state index in [9.17, 15) is 24.9 Å². The third-order valence-corrected chi connectivity index (χ3v) is 10.7. The quantitative estimate of drug-likeness (QED) is 0.335. The molecule has 0 aromatic carbocycles. The lowest BCUT2D eigenvalue weighted by Gasteiger charge is -2.64. The van der Waals surface area contributed by atoms with Crippen LogP contribution < -0.4 is 5.32 Å². The zero-order valence-electron chi connectivity index (χ0n) is 21.8. The van der Waals surface area contributed by atoms with E-state index in [2.05, 4.69) is 11.9 Å². The van der Waals surface area contributed by atoms with Crippen molar-refractivity contribution in [2.75, 3.05) is 32.8 Å². The zero-order chi connectivity index (χ0) is 25.8. The molecule has 1 heterocycles. The van der Waals surface area contributed by atoms with Crippen molar-refractivity contribution in [3.63, 3.8) is 0 Å². The number of carbonyl (C=O) groups excluding carboxylic acids is 2. The maximum absolute atomic E-state index is 13.5. The van der Waals surface area contributed by atoms with E-state index in [1.807, 2.05) is 32.6 Å². The normalized spacial score (nSPS) is 48.5. The Kier molecular flexibility index (Phi) is 7.03. The molecule has 1 saturated heterocycles. The van der Waals surface area contributed by atoms with Crippen LogP contribution in [0.3, 0.4) is 0 Å². The van der Waals surface area contributed by atoms with Crippen molar-refractivity contribution in [1.82, 2.24) is 10.2 Å². The van der Waals surface area contributed by atoms with Gasteiger partial charge in [-0.2, -0.15) is 0 Å². The summed E-state index contributed by atoms with van der Waals surface area (Å²) in [5.41, 5.74) is -3.25. The number of piperazine rings is 1. The molecule has 0 amide bonds. The van der Waals surface area contributed by atoms with E-state index >= 15 is 0 Å². The third kappa shape index (κ3) is 3.91. The van der Waals surface area contributed by atoms with E-state index in [1.54, 1.807) is 6.08 Å². The van der Waals surface area contributed by atoms with Crippen molar-refractivity contribution in [2.24, 2.45) is 28.1 Å². The average molecular weight is 493 g/mol. The fourth-order valence-electron chi connectivity index (χ4n) is 8.12. The summed E-state index contributed by atoms with van der Waals surface area (Å²) in [5.74, 6) is -0.974. The van der Waals surface area contributed by atoms with Crippen molar-refractivity contribution in [1.29, 1.82) is 0 Å². The number of aliphatic hydroxyl groups excluding tert-OH is 3. The average Bonchev–Trinajstić information content (AvgIpc) is 3.18. The summed E-state index contributed by atoms with van der Waals surface area (Å²) in [7, 11) is 0. The molecule has 4 N–H and O–H groups in total. The number of aliphatic hydroxyl groups is 3. The molecule has 9 unspecified atom stereocenters. The van der Waals surface area contributed by atoms with E-state index in [1.165, 1.54) is 0 Å². The number of ketones is 1. The predicted octanol–water partition coefficient (Wildman–Crippen LogP) is 1.27. The second kappa shape index (κ2) is 9.21. The van der Waals surface area contributed by atoms with Crippen LogP contribution in [0.25, 0.3) is 0 Å². The maximum Gasteiger partial charge on any atom is 0.320 e. The topological polar surface area (TPSA) is 119 Å². The van der Waals surface area contributed by atoms with Crippen molar-refractivity contribution in [3.8, 4) is 0 Å². The molecule has 0 aromatic rings. The molecule has 0 aromatic heterocycles. The fourth-order valence-corrected chi connectivity index (χ4v) is 8.12. The number of nitrogens with one attached hydrogen (secondary N) is 1. The summed E-state index contributed by atoms with van der Waals surface area (Å²) in [6, 6.07) is -0.155. The molecule has 4 fully saturated rings. The Labute approximate surface area is 209 Å². The summed E-state index contributed by atoms with van der Waals surface area (Å²) < 4.78 is 6.26. The Hall–Kier alpha value is -1.32. The van der Waals surface area contributed by atoms with Crippen molar-refractivity contribution in [3.05, 3.63) is 12.7 Å². The van der Waals surface area contributed by atoms with E-state index < -0.39 is 45.9 Å². The number of rotatable bonds is 5. The Morgan fingerprint density at radius 1 is 1.26 bits per heavy atom. The number of esters is 1. The number of carbonyl (C=O) groups is 2. The molecule has 0 radical (unpaired) electrons. The fraction of sp³-hybridized carbons (Fsp3) is 0.852. The molecular formula is C27H44N2O6. The van der Waals surface area contributed by atoms with Crippen LogP contribution in [0, 0.1) is 28.1 Å². The summed E-state index contributed by atoms with van der Waals surface area (Å²) >= 11 is 0. The van der Waals surface area contributed by atoms with Gasteiger partial charge in [0.15, 0.2) is 0 Å². The van der Waals surface area contributed by atoms with Crippen LogP contribution in [-0.4, -0.2) is 88.6 Å². The van der Waals surface area contributed by atoms with Gasteiger partial charge in [0, 0.05) is 48.8 Å². The van der Waals surface area contributed by atoms with Gasteiger partial charge in [-0.3, -0.25) is 14.5 Å². The molecule has 3 aliphatic carbocycles. The molecule has 4 aliphatic rings. The van der Waals surface area contributed by atoms with E-state index in [4.69, 9.17) is 4.74 Å². The summed E-state index contributed by atoms with van der Waals surface area (Å²) in [6.45, 7) is 13.7. The lowest BCUT2D eigenvalue weighted by molar-refractivity contribution is -0.253. The first-order valence-corrected chi connectivity index (χ1v) is 13.2. The van der Waals surface area contributed by atoms with E-state index in [0.717, 1.165) is 6.54 Å². The van der Waals surface area contributed by atoms with Gasteiger partial charge < -0.3 is 25.4 Å². The number of hydrogen-bond acceptors (Lipinski definition) is 8. The standard InChI is InChI=1S/C27H44N2O6/c1-6-24(3)13-20(32)26(5)22-19(31)7-8-27(22,17(2)23(24)34)10-9-25(26,4)35-21(33)15-29-12-11-28-14-18(29)16-30/h6,17-18,20,22-23,28,30,32,34H,1,7-16H2,2-5H3. The second-order valence-corrected chi connectivity index (χ2v) is 12.3. The van der Waals surface area contributed by atoms with Gasteiger partial charge in [-0.05, 0) is 43.9 Å². The van der Waals surface area contributed by atoms with E-state index in [-0.39, 0.29) is 37.3 Å². The van der Waals surface area contributed by atoms with Gasteiger partial charge in [0.05, 0.1) is 25.4 Å². The van der Waals surface area contributed by atoms with Gasteiger partial charge in [0.25, 0.3) is 0 Å². The van der Waals surface area contributed by atoms with Gasteiger partial charge in [-0.15, -0.1) is 6.58 Å². The molecule has 0 spiro atoms. The van der Waals surface area contributed by atoms with Crippen molar-refractivity contribution in [2.45, 2.75) is 83.6 Å². The van der Waals surface area contributed by atoms with Crippen LogP contribution in [0.1, 0.15) is 59.8 Å². The SMILES string of the molecule is C=CC1(C)CC(O)C2(C)C3C(=O)CCC3(CCC2(C)OC(=O)CN2CCNCC2CO)C(C)C1O. The number of nitrogens with zero attached hydrogens (tertiary/aromatic N) is 1. The molecule has 4 rings (SSSR count). The lowest BCUT2D eigenvalue weighted by atomic mass is 9.42. The van der Waals surface area contributed by atoms with Gasteiger partial charge in [0.2, 0.25) is 0 Å². The highest BCUT2D eigenvalue weighted by atomic mass is 16.6. The minimum absolute atomic E-state index is 0.0482. The largest absolute Gasteiger partial charge is 0.458 e. The van der Waals surface area contributed by atoms with Crippen LogP contribution in [0.5, 0.6) is 0 Å². The summed E-state index contributed by atoms with van der Waals surface area (Å²) in [6.07, 6.45) is 2.51. The molecule has 35 heavy (non-hydrogen) atoms. The predicted molar refractivity (Wildman–Crippen MR) is 131 cm³/mol. The molecule has 2 bridgehead atoms. The van der Waals surface area contributed by atoms with Crippen LogP contribution in [-0.2, 0) is 14.3 Å². The smallest absolute Gasteiger partial charge is 0.320 e. The molecule has 3 saturated carbocycles. The molecule has 198 valence electrons. The summed E-state index contributed by atoms with van der Waals surface area (Å²) in [5, 5.41) is 36.2. The van der Waals surface area contributed by atoms with E-state index in [0.29, 0.717) is 38.8 Å². The van der Waals surface area contributed by atoms with Crippen molar-refractivity contribution >= 4 is 11.8 Å². The Morgan fingerprint density at radius 3 is 2.63 bits per heavy atom. The highest BCUT2D eigenvalue weighted by molar-refractivity contribution is 5.86. The third-order valence-electron chi connectivity index (χ3n) is 10.7. The minimum Gasteiger partial charge on any atom is -0.458 e. The Balaban J connectivity index is 1.70. The first-order valence-electron chi connectivity index (χ1n) is 13.2. The van der Waals surface area contributed by atoms with Crippen LogP contribution in [0.15, 0.2) is 12.7 Å². The maximum atomic E-state index is 13.5. The van der Waals surface area contributed by atoms with Crippen molar-refractivity contribution < 1.29 is 29.6 Å². The Morgan fingerprint density at radius 2 is 1.97 bits per heavy atom. The molecule has 8 heteroatoms. The highest BCUT2D eigenvalue weighted by Gasteiger charge is 2.72. The first kappa shape index (κ1) is 26.7. The lowest BCUT2D eigenvalue weighted by Crippen LogP contribution is -2.69. The first-order chi connectivity index (χ1) is 16.4. The molecule has 9 atom stereocenters. The highest BCUT2D eigenvalue weighted by Crippen LogP contribution is 2.69. The van der Waals surface area contributed by atoms with Gasteiger partial charge in [-0.1, -0.05) is 26.8 Å². The van der Waals surface area contributed by atoms with Gasteiger partial charge in [-0.25, -0.2) is 0 Å². The molecule has 8 nitrogen and oxygen atoms in total. The molecule has 1 aliphatic heterocycles. The number of ether oxygens (including phenoxy) is 1. The number of hydrogen-bond donors (Lipinski definition) is 4. The molecular weight excluding hydrogens is 448 g/mol. The van der Waals surface area contributed by atoms with Crippen LogP contribution >= 0.6 is 0 Å². The van der Waals surface area contributed by atoms with Crippen LogP contribution in [0.2, 0.25) is 0 Å². The van der Waals surface area contributed by atoms with Gasteiger partial charge >= 0.3 is 5.97 Å².